The van der Waals surface area contributed by atoms with Gasteiger partial charge in [-0.15, -0.1) is 0 Å². The molecule has 0 spiro atoms. The van der Waals surface area contributed by atoms with Gasteiger partial charge in [-0.2, -0.15) is 5.10 Å². The molecule has 0 fully saturated rings. The standard InChI is InChI=1S/C10H10N2O2/c1-2-7-4-3-5-12-9(7)8(6-11-12)10(13)14/h3-6H,2H2,1H3,(H,13,14). The second kappa shape index (κ2) is 3.14. The summed E-state index contributed by atoms with van der Waals surface area (Å²) >= 11 is 0. The lowest BCUT2D eigenvalue weighted by Crippen LogP contribution is -1.98. The van der Waals surface area contributed by atoms with Crippen molar-refractivity contribution in [3.8, 4) is 0 Å². The van der Waals surface area contributed by atoms with Crippen LogP contribution in [0.3, 0.4) is 0 Å². The molecule has 0 atom stereocenters. The lowest BCUT2D eigenvalue weighted by molar-refractivity contribution is 0.0699. The number of nitrogens with zero attached hydrogens (tertiary/aromatic N) is 2. The third-order valence-corrected chi connectivity index (χ3v) is 2.24. The highest BCUT2D eigenvalue weighted by atomic mass is 16.4. The zero-order chi connectivity index (χ0) is 10.1. The zero-order valence-electron chi connectivity index (χ0n) is 7.77. The minimum atomic E-state index is -0.930. The summed E-state index contributed by atoms with van der Waals surface area (Å²) in [6, 6.07) is 3.79. The van der Waals surface area contributed by atoms with Gasteiger partial charge < -0.3 is 5.11 Å². The SMILES string of the molecule is CCc1cccn2ncc(C(=O)O)c12. The maximum atomic E-state index is 10.9. The summed E-state index contributed by atoms with van der Waals surface area (Å²) in [4.78, 5) is 10.9. The molecule has 0 unspecified atom stereocenters. The second-order valence-corrected chi connectivity index (χ2v) is 3.04. The molecular weight excluding hydrogens is 180 g/mol. The summed E-state index contributed by atoms with van der Waals surface area (Å²) in [5.41, 5.74) is 1.97. The Morgan fingerprint density at radius 2 is 2.43 bits per heavy atom. The fourth-order valence-electron chi connectivity index (χ4n) is 1.56. The van der Waals surface area contributed by atoms with E-state index in [9.17, 15) is 4.79 Å². The van der Waals surface area contributed by atoms with Gasteiger partial charge in [-0.1, -0.05) is 13.0 Å². The van der Waals surface area contributed by atoms with Gasteiger partial charge in [0.2, 0.25) is 0 Å². The molecule has 0 aliphatic heterocycles. The van der Waals surface area contributed by atoms with Crippen LogP contribution in [0.25, 0.3) is 5.52 Å². The van der Waals surface area contributed by atoms with Gasteiger partial charge in [-0.05, 0) is 18.1 Å². The topological polar surface area (TPSA) is 54.6 Å². The van der Waals surface area contributed by atoms with Gasteiger partial charge in [0.1, 0.15) is 5.56 Å². The molecule has 2 aromatic heterocycles. The van der Waals surface area contributed by atoms with E-state index in [0.717, 1.165) is 12.0 Å². The molecule has 0 aliphatic carbocycles. The molecule has 0 saturated heterocycles. The van der Waals surface area contributed by atoms with Crippen molar-refractivity contribution in [1.29, 1.82) is 0 Å². The first kappa shape index (κ1) is 8.74. The number of hydrogen-bond acceptors (Lipinski definition) is 2. The first-order valence-corrected chi connectivity index (χ1v) is 4.42. The highest BCUT2D eigenvalue weighted by Crippen LogP contribution is 2.16. The molecule has 1 N–H and O–H groups in total. The first-order valence-electron chi connectivity index (χ1n) is 4.42. The van der Waals surface area contributed by atoms with Crippen LogP contribution in [0.5, 0.6) is 0 Å². The van der Waals surface area contributed by atoms with Crippen molar-refractivity contribution in [1.82, 2.24) is 9.61 Å². The Kier molecular flexibility index (Phi) is 1.96. The molecule has 72 valence electrons. The third kappa shape index (κ3) is 1.16. The fraction of sp³-hybridized carbons (Fsp3) is 0.200. The van der Waals surface area contributed by atoms with Crippen LogP contribution >= 0.6 is 0 Å². The molecule has 0 aliphatic rings. The van der Waals surface area contributed by atoms with E-state index in [1.165, 1.54) is 6.20 Å². The molecule has 4 nitrogen and oxygen atoms in total. The largest absolute Gasteiger partial charge is 0.478 e. The number of aromatic nitrogens is 2. The van der Waals surface area contributed by atoms with E-state index in [1.807, 2.05) is 19.1 Å². The molecule has 0 amide bonds. The van der Waals surface area contributed by atoms with E-state index in [4.69, 9.17) is 5.11 Å². The molecule has 0 aromatic carbocycles. The van der Waals surface area contributed by atoms with Crippen LogP contribution in [-0.4, -0.2) is 20.7 Å². The van der Waals surface area contributed by atoms with Gasteiger partial charge >= 0.3 is 5.97 Å². The Morgan fingerprint density at radius 1 is 1.64 bits per heavy atom. The predicted octanol–water partition coefficient (Wildman–Crippen LogP) is 1.59. The van der Waals surface area contributed by atoms with E-state index >= 15 is 0 Å². The lowest BCUT2D eigenvalue weighted by atomic mass is 10.1. The average molecular weight is 190 g/mol. The van der Waals surface area contributed by atoms with Crippen LogP contribution in [0.4, 0.5) is 0 Å². The van der Waals surface area contributed by atoms with Gasteiger partial charge in [0.15, 0.2) is 0 Å². The highest BCUT2D eigenvalue weighted by molar-refractivity contribution is 5.96. The maximum Gasteiger partial charge on any atom is 0.339 e. The quantitative estimate of drug-likeness (QED) is 0.782. The second-order valence-electron chi connectivity index (χ2n) is 3.04. The molecular formula is C10H10N2O2. The van der Waals surface area contributed by atoms with Crippen molar-refractivity contribution in [2.75, 3.05) is 0 Å². The number of hydrogen-bond donors (Lipinski definition) is 1. The molecule has 2 heterocycles. The number of rotatable bonds is 2. The van der Waals surface area contributed by atoms with E-state index in [0.29, 0.717) is 5.52 Å². The molecule has 0 radical (unpaired) electrons. The van der Waals surface area contributed by atoms with Gasteiger partial charge in [-0.3, -0.25) is 0 Å². The van der Waals surface area contributed by atoms with Crippen molar-refractivity contribution in [2.45, 2.75) is 13.3 Å². The number of aromatic carboxylic acids is 1. The average Bonchev–Trinajstić information content (AvgIpc) is 2.60. The van der Waals surface area contributed by atoms with Crippen LogP contribution in [0.15, 0.2) is 24.5 Å². The molecule has 0 bridgehead atoms. The zero-order valence-corrected chi connectivity index (χ0v) is 7.77. The summed E-state index contributed by atoms with van der Waals surface area (Å²) in [6.45, 7) is 1.99. The Balaban J connectivity index is 2.81. The molecule has 4 heteroatoms. The van der Waals surface area contributed by atoms with Gasteiger partial charge in [0.25, 0.3) is 0 Å². The van der Waals surface area contributed by atoms with Gasteiger partial charge in [0.05, 0.1) is 11.7 Å². The summed E-state index contributed by atoms with van der Waals surface area (Å²) in [7, 11) is 0. The van der Waals surface area contributed by atoms with Crippen molar-refractivity contribution in [2.24, 2.45) is 0 Å². The third-order valence-electron chi connectivity index (χ3n) is 2.24. The number of fused-ring (bicyclic) bond motifs is 1. The lowest BCUT2D eigenvalue weighted by Gasteiger charge is -2.00. The fourth-order valence-corrected chi connectivity index (χ4v) is 1.56. The van der Waals surface area contributed by atoms with E-state index < -0.39 is 5.97 Å². The maximum absolute atomic E-state index is 10.9. The van der Waals surface area contributed by atoms with Crippen LogP contribution in [-0.2, 0) is 6.42 Å². The number of carboxylic acid groups (broad SMARTS) is 1. The molecule has 2 rings (SSSR count). The number of aryl methyl sites for hydroxylation is 1. The van der Waals surface area contributed by atoms with E-state index in [2.05, 4.69) is 5.10 Å². The monoisotopic (exact) mass is 190 g/mol. The number of pyridine rings is 1. The Bertz CT molecular complexity index is 488. The van der Waals surface area contributed by atoms with Crippen molar-refractivity contribution < 1.29 is 9.90 Å². The Labute approximate surface area is 80.8 Å². The highest BCUT2D eigenvalue weighted by Gasteiger charge is 2.13. The summed E-state index contributed by atoms with van der Waals surface area (Å²) < 4.78 is 1.60. The van der Waals surface area contributed by atoms with Crippen LogP contribution in [0.1, 0.15) is 22.8 Å². The Hall–Kier alpha value is -1.84. The smallest absolute Gasteiger partial charge is 0.339 e. The van der Waals surface area contributed by atoms with Crippen LogP contribution in [0, 0.1) is 0 Å². The van der Waals surface area contributed by atoms with Crippen LogP contribution < -0.4 is 0 Å². The van der Waals surface area contributed by atoms with Gasteiger partial charge in [0, 0.05) is 6.20 Å². The first-order chi connectivity index (χ1) is 6.74. The van der Waals surface area contributed by atoms with Gasteiger partial charge in [-0.25, -0.2) is 9.31 Å². The minimum Gasteiger partial charge on any atom is -0.478 e. The summed E-state index contributed by atoms with van der Waals surface area (Å²) in [5.74, 6) is -0.930. The minimum absolute atomic E-state index is 0.266. The van der Waals surface area contributed by atoms with Crippen LogP contribution in [0.2, 0.25) is 0 Å². The summed E-state index contributed by atoms with van der Waals surface area (Å²) in [5, 5.41) is 12.9. The number of carboxylic acids is 1. The van der Waals surface area contributed by atoms with Crippen molar-refractivity contribution in [3.05, 3.63) is 35.7 Å². The number of carbonyl (C=O) groups is 1. The van der Waals surface area contributed by atoms with Crippen molar-refractivity contribution in [3.63, 3.8) is 0 Å². The molecule has 14 heavy (non-hydrogen) atoms. The Morgan fingerprint density at radius 3 is 3.07 bits per heavy atom. The molecule has 2 aromatic rings. The normalized spacial score (nSPS) is 10.6. The predicted molar refractivity (Wildman–Crippen MR) is 51.5 cm³/mol. The summed E-state index contributed by atoms with van der Waals surface area (Å²) in [6.07, 6.45) is 3.94. The van der Waals surface area contributed by atoms with E-state index in [-0.39, 0.29) is 5.56 Å². The van der Waals surface area contributed by atoms with E-state index in [1.54, 1.807) is 10.7 Å². The van der Waals surface area contributed by atoms with Crippen molar-refractivity contribution >= 4 is 11.5 Å². The molecule has 0 saturated carbocycles.